The predicted octanol–water partition coefficient (Wildman–Crippen LogP) is 2.65. The smallest absolute Gasteiger partial charge is 0.223 e. The maximum Gasteiger partial charge on any atom is 0.223 e. The molecule has 2 N–H and O–H groups in total. The van der Waals surface area contributed by atoms with Gasteiger partial charge in [0.2, 0.25) is 5.91 Å². The van der Waals surface area contributed by atoms with Crippen molar-refractivity contribution in [2.75, 3.05) is 13.7 Å². The summed E-state index contributed by atoms with van der Waals surface area (Å²) < 4.78 is 5.36. The van der Waals surface area contributed by atoms with Crippen molar-refractivity contribution in [2.45, 2.75) is 18.4 Å². The third kappa shape index (κ3) is 3.54. The molecule has 4 heteroatoms. The molecule has 3 atom stereocenters. The molecule has 0 radical (unpaired) electrons. The van der Waals surface area contributed by atoms with Crippen molar-refractivity contribution in [2.24, 2.45) is 5.92 Å². The Hall–Kier alpha value is -2.33. The van der Waals surface area contributed by atoms with Crippen LogP contribution < -0.4 is 10.1 Å². The van der Waals surface area contributed by atoms with E-state index in [1.165, 1.54) is 0 Å². The van der Waals surface area contributed by atoms with Crippen LogP contribution in [0.4, 0.5) is 0 Å². The Morgan fingerprint density at radius 1 is 1.22 bits per heavy atom. The van der Waals surface area contributed by atoms with Crippen LogP contribution in [-0.4, -0.2) is 24.7 Å². The molecule has 0 aliphatic heterocycles. The number of benzene rings is 2. The molecule has 1 amide bonds. The second-order valence-corrected chi connectivity index (χ2v) is 5.86. The molecule has 1 aliphatic rings. The van der Waals surface area contributed by atoms with Gasteiger partial charge in [-0.2, -0.15) is 0 Å². The van der Waals surface area contributed by atoms with Gasteiger partial charge in [-0.1, -0.05) is 48.5 Å². The Kier molecular flexibility index (Phi) is 4.63. The predicted molar refractivity (Wildman–Crippen MR) is 88.3 cm³/mol. The number of carbonyl (C=O) groups is 1. The van der Waals surface area contributed by atoms with E-state index in [1.807, 2.05) is 54.6 Å². The number of ether oxygens (including phenoxy) is 1. The van der Waals surface area contributed by atoms with Gasteiger partial charge in [-0.05, 0) is 29.5 Å². The molecule has 120 valence electrons. The fourth-order valence-corrected chi connectivity index (χ4v) is 2.92. The number of hydrogen-bond acceptors (Lipinski definition) is 3. The third-order valence-electron chi connectivity index (χ3n) is 4.32. The van der Waals surface area contributed by atoms with E-state index >= 15 is 0 Å². The number of aliphatic hydroxyl groups is 1. The molecule has 0 saturated heterocycles. The highest BCUT2D eigenvalue weighted by atomic mass is 16.5. The van der Waals surface area contributed by atoms with Crippen molar-refractivity contribution in [3.63, 3.8) is 0 Å². The Balaban J connectivity index is 1.55. The van der Waals surface area contributed by atoms with Gasteiger partial charge in [0, 0.05) is 12.5 Å². The van der Waals surface area contributed by atoms with Crippen LogP contribution in [0, 0.1) is 5.92 Å². The van der Waals surface area contributed by atoms with Crippen molar-refractivity contribution >= 4 is 5.91 Å². The molecular weight excluding hydrogens is 290 g/mol. The average molecular weight is 311 g/mol. The van der Waals surface area contributed by atoms with E-state index < -0.39 is 6.10 Å². The summed E-state index contributed by atoms with van der Waals surface area (Å²) in [4.78, 5) is 12.3. The normalized spacial score (nSPS) is 20.6. The van der Waals surface area contributed by atoms with Crippen molar-refractivity contribution in [3.05, 3.63) is 65.7 Å². The molecule has 2 aromatic carbocycles. The zero-order valence-corrected chi connectivity index (χ0v) is 13.1. The zero-order chi connectivity index (χ0) is 16.2. The number of carbonyl (C=O) groups excluding carboxylic acids is 1. The first-order valence-electron chi connectivity index (χ1n) is 7.84. The highest BCUT2D eigenvalue weighted by molar-refractivity contribution is 5.83. The third-order valence-corrected chi connectivity index (χ3v) is 4.32. The largest absolute Gasteiger partial charge is 0.496 e. The Morgan fingerprint density at radius 2 is 1.91 bits per heavy atom. The first-order chi connectivity index (χ1) is 11.2. The van der Waals surface area contributed by atoms with Crippen LogP contribution in [0.2, 0.25) is 0 Å². The van der Waals surface area contributed by atoms with Crippen molar-refractivity contribution in [1.82, 2.24) is 5.32 Å². The van der Waals surface area contributed by atoms with Crippen molar-refractivity contribution in [3.8, 4) is 5.75 Å². The molecule has 0 aromatic heterocycles. The summed E-state index contributed by atoms with van der Waals surface area (Å²) in [5.41, 5.74) is 1.89. The highest BCUT2D eigenvalue weighted by Crippen LogP contribution is 2.50. The summed E-state index contributed by atoms with van der Waals surface area (Å²) in [6, 6.07) is 17.2. The molecule has 3 rings (SSSR count). The standard InChI is InChI=1S/C19H21NO3/c1-23-18-10-6-5-9-14(18)15-11-16(15)19(22)20-12-17(21)13-7-3-2-4-8-13/h2-10,15-17,21H,11-12H2,1H3,(H,20,22)/t15-,16-,17-/m0/s1. The maximum atomic E-state index is 12.3. The fraction of sp³-hybridized carbons (Fsp3) is 0.316. The lowest BCUT2D eigenvalue weighted by molar-refractivity contribution is -0.122. The van der Waals surface area contributed by atoms with Crippen molar-refractivity contribution < 1.29 is 14.6 Å². The molecule has 4 nitrogen and oxygen atoms in total. The fourth-order valence-electron chi connectivity index (χ4n) is 2.92. The minimum atomic E-state index is -0.677. The molecule has 0 bridgehead atoms. The van der Waals surface area contributed by atoms with Crippen LogP contribution in [0.1, 0.15) is 29.6 Å². The second kappa shape index (κ2) is 6.84. The van der Waals surface area contributed by atoms with Crippen LogP contribution >= 0.6 is 0 Å². The number of amides is 1. The lowest BCUT2D eigenvalue weighted by atomic mass is 10.1. The van der Waals surface area contributed by atoms with Gasteiger partial charge in [-0.3, -0.25) is 4.79 Å². The average Bonchev–Trinajstić information content (AvgIpc) is 3.40. The molecule has 1 saturated carbocycles. The highest BCUT2D eigenvalue weighted by Gasteiger charge is 2.45. The van der Waals surface area contributed by atoms with Gasteiger partial charge in [0.05, 0.1) is 13.2 Å². The minimum absolute atomic E-state index is 0.00381. The number of hydrogen-bond donors (Lipinski definition) is 2. The lowest BCUT2D eigenvalue weighted by Crippen LogP contribution is -2.30. The van der Waals surface area contributed by atoms with Crippen LogP contribution in [0.5, 0.6) is 5.75 Å². The second-order valence-electron chi connectivity index (χ2n) is 5.86. The topological polar surface area (TPSA) is 58.6 Å². The van der Waals surface area contributed by atoms with Gasteiger partial charge in [-0.25, -0.2) is 0 Å². The summed E-state index contributed by atoms with van der Waals surface area (Å²) in [7, 11) is 1.65. The van der Waals surface area contributed by atoms with Crippen LogP contribution in [0.15, 0.2) is 54.6 Å². The number of aliphatic hydroxyl groups excluding tert-OH is 1. The lowest BCUT2D eigenvalue weighted by Gasteiger charge is -2.12. The molecule has 0 spiro atoms. The maximum absolute atomic E-state index is 12.3. The van der Waals surface area contributed by atoms with E-state index in [9.17, 15) is 9.90 Å². The van der Waals surface area contributed by atoms with E-state index in [4.69, 9.17) is 4.74 Å². The number of nitrogens with one attached hydrogen (secondary N) is 1. The molecule has 23 heavy (non-hydrogen) atoms. The quantitative estimate of drug-likeness (QED) is 0.862. The van der Waals surface area contributed by atoms with Crippen molar-refractivity contribution in [1.29, 1.82) is 0 Å². The van der Waals surface area contributed by atoms with Gasteiger partial charge in [0.1, 0.15) is 5.75 Å². The summed E-state index contributed by atoms with van der Waals surface area (Å²) >= 11 is 0. The molecular formula is C19H21NO3. The first kappa shape index (κ1) is 15.6. The number of methoxy groups -OCH3 is 1. The summed E-state index contributed by atoms with van der Waals surface area (Å²) in [5.74, 6) is 1.00. The molecule has 2 aromatic rings. The zero-order valence-electron chi connectivity index (χ0n) is 13.1. The number of rotatable bonds is 6. The van der Waals surface area contributed by atoms with E-state index in [1.54, 1.807) is 7.11 Å². The Labute approximate surface area is 136 Å². The molecule has 1 aliphatic carbocycles. The van der Waals surface area contributed by atoms with E-state index in [0.717, 1.165) is 23.3 Å². The SMILES string of the molecule is COc1ccccc1[C@@H]1C[C@@H]1C(=O)NC[C@H](O)c1ccccc1. The first-order valence-corrected chi connectivity index (χ1v) is 7.84. The summed E-state index contributed by atoms with van der Waals surface area (Å²) in [6.45, 7) is 0.234. The summed E-state index contributed by atoms with van der Waals surface area (Å²) in [6.07, 6.45) is 0.150. The Morgan fingerprint density at radius 3 is 2.65 bits per heavy atom. The Bertz CT molecular complexity index is 671. The number of para-hydroxylation sites is 1. The molecule has 1 fully saturated rings. The van der Waals surface area contributed by atoms with Crippen LogP contribution in [-0.2, 0) is 4.79 Å². The van der Waals surface area contributed by atoms with Gasteiger partial charge in [0.25, 0.3) is 0 Å². The van der Waals surface area contributed by atoms with Gasteiger partial charge < -0.3 is 15.2 Å². The monoisotopic (exact) mass is 311 g/mol. The van der Waals surface area contributed by atoms with Crippen LogP contribution in [0.3, 0.4) is 0 Å². The van der Waals surface area contributed by atoms with Gasteiger partial charge in [0.15, 0.2) is 0 Å². The molecule has 0 heterocycles. The molecule has 0 unspecified atom stereocenters. The van der Waals surface area contributed by atoms with Crippen LogP contribution in [0.25, 0.3) is 0 Å². The van der Waals surface area contributed by atoms with E-state index in [2.05, 4.69) is 5.32 Å². The summed E-state index contributed by atoms with van der Waals surface area (Å²) in [5, 5.41) is 13.0. The van der Waals surface area contributed by atoms with Gasteiger partial charge in [-0.15, -0.1) is 0 Å². The minimum Gasteiger partial charge on any atom is -0.496 e. The van der Waals surface area contributed by atoms with E-state index in [-0.39, 0.29) is 24.3 Å². The van der Waals surface area contributed by atoms with E-state index in [0.29, 0.717) is 0 Å². The van der Waals surface area contributed by atoms with Gasteiger partial charge >= 0.3 is 0 Å².